The number of methoxy groups -OCH3 is 1. The Hall–Kier alpha value is -2.87. The lowest BCUT2D eigenvalue weighted by Crippen LogP contribution is -2.45. The number of nitrogens with two attached hydrogens (primary N) is 1. The molecule has 1 aliphatic rings. The lowest BCUT2D eigenvalue weighted by atomic mass is 9.86. The van der Waals surface area contributed by atoms with E-state index in [1.54, 1.807) is 0 Å². The molecule has 0 aromatic heterocycles. The number of fused-ring (bicyclic) bond motifs is 1. The van der Waals surface area contributed by atoms with Crippen LogP contribution in [0.25, 0.3) is 0 Å². The number of hydrogen-bond donors (Lipinski definition) is 1. The third kappa shape index (κ3) is 2.45. The fraction of sp³-hybridized carbons (Fsp3) is 0.176. The van der Waals surface area contributed by atoms with Crippen molar-refractivity contribution >= 4 is 17.5 Å². The molecule has 0 aliphatic carbocycles. The quantitative estimate of drug-likeness (QED) is 0.914. The van der Waals surface area contributed by atoms with Crippen molar-refractivity contribution in [3.63, 3.8) is 0 Å². The van der Waals surface area contributed by atoms with Crippen LogP contribution >= 0.6 is 0 Å². The first-order valence-corrected chi connectivity index (χ1v) is 7.22. The van der Waals surface area contributed by atoms with Crippen LogP contribution in [0.3, 0.4) is 0 Å². The molecule has 0 unspecified atom stereocenters. The van der Waals surface area contributed by atoms with E-state index in [1.807, 2.05) is 0 Å². The van der Waals surface area contributed by atoms with Gasteiger partial charge in [0.2, 0.25) is 11.5 Å². The van der Waals surface area contributed by atoms with Gasteiger partial charge in [-0.2, -0.15) is 0 Å². The Bertz CT molecular complexity index is 870. The van der Waals surface area contributed by atoms with Gasteiger partial charge < -0.3 is 10.5 Å². The molecule has 0 saturated heterocycles. The van der Waals surface area contributed by atoms with Crippen molar-refractivity contribution in [2.24, 2.45) is 5.73 Å². The number of ether oxygens (including phenoxy) is 1. The molecule has 0 fully saturated rings. The number of primary amides is 1. The predicted octanol–water partition coefficient (Wildman–Crippen LogP) is 1.83. The number of nitrogens with zero attached hydrogens (tertiary/aromatic N) is 1. The Morgan fingerprint density at radius 2 is 1.80 bits per heavy atom. The number of benzene rings is 2. The second-order valence-corrected chi connectivity index (χ2v) is 5.53. The molecule has 8 heteroatoms. The molecule has 25 heavy (non-hydrogen) atoms. The van der Waals surface area contributed by atoms with Crippen molar-refractivity contribution in [3.05, 3.63) is 65.0 Å². The third-order valence-corrected chi connectivity index (χ3v) is 4.09. The number of hydrogen-bond acceptors (Lipinski definition) is 3. The number of carbonyl (C=O) groups excluding carboxylic acids is 2. The van der Waals surface area contributed by atoms with E-state index in [9.17, 15) is 22.8 Å². The summed E-state index contributed by atoms with van der Waals surface area (Å²) in [5.41, 5.74) is 2.89. The average Bonchev–Trinajstić information content (AvgIpc) is 2.78. The molecule has 0 bridgehead atoms. The smallest absolute Gasteiger partial charge is 0.269 e. The van der Waals surface area contributed by atoms with E-state index < -0.39 is 41.4 Å². The first-order valence-electron chi connectivity index (χ1n) is 7.22. The van der Waals surface area contributed by atoms with Crippen molar-refractivity contribution in [2.45, 2.75) is 5.60 Å². The van der Waals surface area contributed by atoms with Gasteiger partial charge in [-0.1, -0.05) is 12.1 Å². The normalized spacial score (nSPS) is 19.2. The van der Waals surface area contributed by atoms with Crippen molar-refractivity contribution in [3.8, 4) is 0 Å². The zero-order valence-electron chi connectivity index (χ0n) is 13.1. The first-order chi connectivity index (χ1) is 11.8. The summed E-state index contributed by atoms with van der Waals surface area (Å²) >= 11 is 0. The number of amides is 2. The minimum absolute atomic E-state index is 0.139. The molecule has 5 nitrogen and oxygen atoms in total. The molecule has 1 aliphatic heterocycles. The Balaban J connectivity index is 2.32. The van der Waals surface area contributed by atoms with Gasteiger partial charge in [0.15, 0.2) is 0 Å². The van der Waals surface area contributed by atoms with Gasteiger partial charge in [0, 0.05) is 13.2 Å². The molecular weight excluding hydrogens is 337 g/mol. The maximum absolute atomic E-state index is 14.6. The van der Waals surface area contributed by atoms with Crippen LogP contribution in [-0.2, 0) is 19.9 Å². The van der Waals surface area contributed by atoms with Gasteiger partial charge >= 0.3 is 0 Å². The van der Waals surface area contributed by atoms with E-state index in [1.165, 1.54) is 19.2 Å². The third-order valence-electron chi connectivity index (χ3n) is 4.09. The molecule has 1 atom stereocenters. The van der Waals surface area contributed by atoms with Gasteiger partial charge in [0.05, 0.1) is 11.3 Å². The van der Waals surface area contributed by atoms with Gasteiger partial charge in [-0.3, -0.25) is 14.5 Å². The molecule has 2 amide bonds. The summed E-state index contributed by atoms with van der Waals surface area (Å²) in [5, 5.41) is 0. The average molecular weight is 350 g/mol. The second kappa shape index (κ2) is 5.89. The first kappa shape index (κ1) is 17.0. The molecule has 0 spiro atoms. The summed E-state index contributed by atoms with van der Waals surface area (Å²) < 4.78 is 46.9. The largest absolute Gasteiger partial charge is 0.368 e. The zero-order valence-corrected chi connectivity index (χ0v) is 13.1. The molecule has 1 heterocycles. The summed E-state index contributed by atoms with van der Waals surface area (Å²) in [4.78, 5) is 25.2. The maximum Gasteiger partial charge on any atom is 0.269 e. The van der Waals surface area contributed by atoms with Crippen LogP contribution in [0.4, 0.5) is 18.9 Å². The Labute approximate surface area is 140 Å². The Morgan fingerprint density at radius 1 is 1.16 bits per heavy atom. The molecule has 0 radical (unpaired) electrons. The van der Waals surface area contributed by atoms with E-state index in [0.29, 0.717) is 6.07 Å². The molecule has 2 aromatic carbocycles. The highest BCUT2D eigenvalue weighted by molar-refractivity contribution is 6.11. The highest BCUT2D eigenvalue weighted by atomic mass is 19.1. The van der Waals surface area contributed by atoms with Crippen molar-refractivity contribution in [1.29, 1.82) is 0 Å². The lowest BCUT2D eigenvalue weighted by Gasteiger charge is -2.27. The summed E-state index contributed by atoms with van der Waals surface area (Å²) in [6.07, 6.45) is 0. The van der Waals surface area contributed by atoms with E-state index in [0.717, 1.165) is 23.1 Å². The molecule has 2 aromatic rings. The number of anilines is 1. The van der Waals surface area contributed by atoms with Crippen LogP contribution in [-0.4, -0.2) is 25.5 Å². The topological polar surface area (TPSA) is 72.6 Å². The van der Waals surface area contributed by atoms with Crippen LogP contribution < -0.4 is 10.6 Å². The molecule has 3 rings (SSSR count). The van der Waals surface area contributed by atoms with E-state index in [4.69, 9.17) is 10.5 Å². The molecular formula is C17H13F3N2O3. The van der Waals surface area contributed by atoms with Gasteiger partial charge in [-0.05, 0) is 23.8 Å². The number of halogens is 3. The fourth-order valence-corrected chi connectivity index (χ4v) is 3.10. The van der Waals surface area contributed by atoms with E-state index in [2.05, 4.69) is 0 Å². The van der Waals surface area contributed by atoms with Gasteiger partial charge in [-0.15, -0.1) is 0 Å². The molecule has 2 N–H and O–H groups in total. The standard InChI is InChI=1S/C17H13F3N2O3/c1-25-17(9-2-4-10(18)5-3-9)15-12(20)6-11(19)7-13(15)22(16(17)24)8-14(21)23/h2-7H,8H2,1H3,(H2,21,23)/t17-/m0/s1. The van der Waals surface area contributed by atoms with Crippen molar-refractivity contribution < 1.29 is 27.5 Å². The minimum Gasteiger partial charge on any atom is -0.368 e. The lowest BCUT2D eigenvalue weighted by molar-refractivity contribution is -0.136. The highest BCUT2D eigenvalue weighted by Crippen LogP contribution is 2.48. The van der Waals surface area contributed by atoms with Crippen LogP contribution in [0, 0.1) is 17.5 Å². The van der Waals surface area contributed by atoms with Crippen molar-refractivity contribution in [2.75, 3.05) is 18.6 Å². The highest BCUT2D eigenvalue weighted by Gasteiger charge is 2.55. The number of rotatable bonds is 4. The zero-order chi connectivity index (χ0) is 18.4. The molecule has 130 valence electrons. The summed E-state index contributed by atoms with van der Waals surface area (Å²) in [6, 6.07) is 6.22. The summed E-state index contributed by atoms with van der Waals surface area (Å²) in [7, 11) is 1.17. The summed E-state index contributed by atoms with van der Waals surface area (Å²) in [6.45, 7) is -0.582. The number of carbonyl (C=O) groups is 2. The van der Waals surface area contributed by atoms with Crippen LogP contribution in [0.1, 0.15) is 11.1 Å². The Kier molecular flexibility index (Phi) is 4.00. The van der Waals surface area contributed by atoms with E-state index >= 15 is 0 Å². The van der Waals surface area contributed by atoms with Crippen LogP contribution in [0.15, 0.2) is 36.4 Å². The Morgan fingerprint density at radius 3 is 2.36 bits per heavy atom. The van der Waals surface area contributed by atoms with E-state index in [-0.39, 0.29) is 16.8 Å². The maximum atomic E-state index is 14.6. The summed E-state index contributed by atoms with van der Waals surface area (Å²) in [5.74, 6) is -4.20. The second-order valence-electron chi connectivity index (χ2n) is 5.53. The fourth-order valence-electron chi connectivity index (χ4n) is 3.10. The van der Waals surface area contributed by atoms with Crippen molar-refractivity contribution in [1.82, 2.24) is 0 Å². The molecule has 0 saturated carbocycles. The van der Waals surface area contributed by atoms with Gasteiger partial charge in [0.1, 0.15) is 24.0 Å². The monoisotopic (exact) mass is 350 g/mol. The van der Waals surface area contributed by atoms with Crippen LogP contribution in [0.5, 0.6) is 0 Å². The van der Waals surface area contributed by atoms with Gasteiger partial charge in [0.25, 0.3) is 5.91 Å². The van der Waals surface area contributed by atoms with Crippen LogP contribution in [0.2, 0.25) is 0 Å². The SMILES string of the molecule is CO[C@]1(c2ccc(F)cc2)C(=O)N(CC(N)=O)c2cc(F)cc(F)c21. The minimum atomic E-state index is -1.98. The predicted molar refractivity (Wildman–Crippen MR) is 82.1 cm³/mol. The van der Waals surface area contributed by atoms with Gasteiger partial charge in [-0.25, -0.2) is 13.2 Å².